The highest BCUT2D eigenvalue weighted by molar-refractivity contribution is 5.79. The molecule has 2 fully saturated rings. The first kappa shape index (κ1) is 17.0. The Hall–Kier alpha value is -1.32. The zero-order valence-electron chi connectivity index (χ0n) is 13.6. The van der Waals surface area contributed by atoms with Gasteiger partial charge in [-0.25, -0.2) is 0 Å². The zero-order chi connectivity index (χ0) is 16.2. The molecule has 0 aromatic carbocycles. The average molecular weight is 308 g/mol. The molecule has 2 aliphatic rings. The van der Waals surface area contributed by atoms with Crippen LogP contribution in [-0.4, -0.2) is 23.1 Å². The van der Waals surface area contributed by atoms with Gasteiger partial charge in [-0.2, -0.15) is 0 Å². The molecule has 4 heteroatoms. The van der Waals surface area contributed by atoms with Crippen molar-refractivity contribution in [3.63, 3.8) is 0 Å². The van der Waals surface area contributed by atoms with Gasteiger partial charge in [0, 0.05) is 0 Å². The van der Waals surface area contributed by atoms with Crippen molar-refractivity contribution >= 4 is 11.9 Å². The predicted octanol–water partition coefficient (Wildman–Crippen LogP) is 3.95. The Morgan fingerprint density at radius 2 is 2.09 bits per heavy atom. The predicted molar refractivity (Wildman–Crippen MR) is 84.4 cm³/mol. The monoisotopic (exact) mass is 308 g/mol. The van der Waals surface area contributed by atoms with Gasteiger partial charge in [0.05, 0.1) is 12.3 Å². The third-order valence-electron chi connectivity index (χ3n) is 5.38. The first-order valence-electron chi connectivity index (χ1n) is 8.49. The molecule has 0 spiro atoms. The minimum Gasteiger partial charge on any atom is -0.481 e. The van der Waals surface area contributed by atoms with Crippen molar-refractivity contribution < 1.29 is 19.4 Å². The van der Waals surface area contributed by atoms with Crippen LogP contribution in [0.5, 0.6) is 0 Å². The Balaban J connectivity index is 1.78. The second-order valence-corrected chi connectivity index (χ2v) is 7.20. The summed E-state index contributed by atoms with van der Waals surface area (Å²) in [6, 6.07) is 0. The van der Waals surface area contributed by atoms with E-state index >= 15 is 0 Å². The number of carboxylic acid groups (broad SMARTS) is 1. The highest BCUT2D eigenvalue weighted by atomic mass is 16.5. The third kappa shape index (κ3) is 4.34. The summed E-state index contributed by atoms with van der Waals surface area (Å²) in [5.74, 6) is -1.34. The number of hydrogen-bond acceptors (Lipinski definition) is 3. The van der Waals surface area contributed by atoms with Crippen LogP contribution in [0.15, 0.2) is 12.7 Å². The fraction of sp³-hybridized carbons (Fsp3) is 0.778. The molecule has 3 atom stereocenters. The lowest BCUT2D eigenvalue weighted by Gasteiger charge is -2.30. The molecule has 4 nitrogen and oxygen atoms in total. The van der Waals surface area contributed by atoms with Crippen molar-refractivity contribution in [2.45, 2.75) is 70.8 Å². The van der Waals surface area contributed by atoms with Crippen molar-refractivity contribution in [3.8, 4) is 0 Å². The van der Waals surface area contributed by atoms with E-state index in [1.807, 2.05) is 13.0 Å². The highest BCUT2D eigenvalue weighted by Gasteiger charge is 2.44. The van der Waals surface area contributed by atoms with Crippen molar-refractivity contribution in [3.05, 3.63) is 12.7 Å². The van der Waals surface area contributed by atoms with E-state index in [1.165, 1.54) is 0 Å². The maximum absolute atomic E-state index is 12.1. The summed E-state index contributed by atoms with van der Waals surface area (Å²) in [5, 5.41) is 9.48. The fourth-order valence-electron chi connectivity index (χ4n) is 3.74. The molecule has 0 saturated heterocycles. The highest BCUT2D eigenvalue weighted by Crippen LogP contribution is 2.46. The maximum Gasteiger partial charge on any atom is 0.307 e. The molecule has 2 saturated carbocycles. The minimum absolute atomic E-state index is 0.0156. The van der Waals surface area contributed by atoms with Gasteiger partial charge in [-0.3, -0.25) is 9.59 Å². The van der Waals surface area contributed by atoms with Crippen LogP contribution in [0, 0.1) is 17.3 Å². The van der Waals surface area contributed by atoms with E-state index < -0.39 is 11.9 Å². The number of hydrogen-bond donors (Lipinski definition) is 1. The van der Waals surface area contributed by atoms with Crippen molar-refractivity contribution in [2.24, 2.45) is 17.3 Å². The van der Waals surface area contributed by atoms with E-state index in [9.17, 15) is 14.7 Å². The molecule has 22 heavy (non-hydrogen) atoms. The maximum atomic E-state index is 12.1. The lowest BCUT2D eigenvalue weighted by Crippen LogP contribution is -2.33. The van der Waals surface area contributed by atoms with Crippen LogP contribution >= 0.6 is 0 Å². The standard InChI is InChI=1S/C18H28O4/c1-3-4-5-8-13-11-15(13)22-16(19)12-14(17(20)21)18(2)9-6-7-10-18/h3,13-15H,1,4-12H2,2H3,(H,20,21)/t13-,14-,15-/m1/s1. The quantitative estimate of drug-likeness (QED) is 0.398. The van der Waals surface area contributed by atoms with E-state index in [4.69, 9.17) is 4.74 Å². The number of allylic oxidation sites excluding steroid dienone is 1. The molecule has 0 heterocycles. The van der Waals surface area contributed by atoms with Gasteiger partial charge in [0.25, 0.3) is 0 Å². The Morgan fingerprint density at radius 3 is 2.68 bits per heavy atom. The van der Waals surface area contributed by atoms with E-state index in [-0.39, 0.29) is 23.9 Å². The minimum atomic E-state index is -0.861. The van der Waals surface area contributed by atoms with Gasteiger partial charge >= 0.3 is 11.9 Å². The summed E-state index contributed by atoms with van der Waals surface area (Å²) in [6.07, 6.45) is 9.91. The van der Waals surface area contributed by atoms with E-state index in [2.05, 4.69) is 6.58 Å². The van der Waals surface area contributed by atoms with Crippen LogP contribution < -0.4 is 0 Å². The summed E-state index contributed by atoms with van der Waals surface area (Å²) < 4.78 is 5.46. The van der Waals surface area contributed by atoms with Crippen LogP contribution in [-0.2, 0) is 14.3 Å². The molecule has 0 aliphatic heterocycles. The summed E-state index contributed by atoms with van der Waals surface area (Å²) >= 11 is 0. The molecule has 0 unspecified atom stereocenters. The van der Waals surface area contributed by atoms with Gasteiger partial charge in [0.15, 0.2) is 0 Å². The van der Waals surface area contributed by atoms with Gasteiger partial charge in [-0.15, -0.1) is 6.58 Å². The number of esters is 1. The lowest BCUT2D eigenvalue weighted by molar-refractivity contribution is -0.156. The van der Waals surface area contributed by atoms with Gasteiger partial charge < -0.3 is 9.84 Å². The van der Waals surface area contributed by atoms with E-state index in [0.717, 1.165) is 51.4 Å². The van der Waals surface area contributed by atoms with Crippen LogP contribution in [0.1, 0.15) is 64.7 Å². The number of carboxylic acids is 1. The largest absolute Gasteiger partial charge is 0.481 e. The SMILES string of the molecule is C=CCCC[C@@H]1C[C@H]1OC(=O)C[C@H](C(=O)O)C1(C)CCCC1. The number of ether oxygens (including phenoxy) is 1. The van der Waals surface area contributed by atoms with Gasteiger partial charge in [0.1, 0.15) is 6.10 Å². The van der Waals surface area contributed by atoms with E-state index in [0.29, 0.717) is 5.92 Å². The molecule has 2 rings (SSSR count). The van der Waals surface area contributed by atoms with Crippen molar-refractivity contribution in [2.75, 3.05) is 0 Å². The molecular weight excluding hydrogens is 280 g/mol. The zero-order valence-corrected chi connectivity index (χ0v) is 13.6. The first-order chi connectivity index (χ1) is 10.5. The average Bonchev–Trinajstić information content (AvgIpc) is 3.03. The summed E-state index contributed by atoms with van der Waals surface area (Å²) in [6.45, 7) is 5.70. The molecule has 0 radical (unpaired) electrons. The number of aliphatic carboxylic acids is 1. The van der Waals surface area contributed by atoms with E-state index in [1.54, 1.807) is 0 Å². The fourth-order valence-corrected chi connectivity index (χ4v) is 3.74. The Labute approximate surface area is 132 Å². The van der Waals surface area contributed by atoms with Crippen LogP contribution in [0.4, 0.5) is 0 Å². The molecule has 1 N–H and O–H groups in total. The van der Waals surface area contributed by atoms with Gasteiger partial charge in [0.2, 0.25) is 0 Å². The lowest BCUT2D eigenvalue weighted by atomic mass is 9.74. The topological polar surface area (TPSA) is 63.6 Å². The number of carbonyl (C=O) groups is 2. The molecule has 0 bridgehead atoms. The van der Waals surface area contributed by atoms with Crippen molar-refractivity contribution in [1.82, 2.24) is 0 Å². The first-order valence-corrected chi connectivity index (χ1v) is 8.49. The van der Waals surface area contributed by atoms with Gasteiger partial charge in [-0.1, -0.05) is 25.8 Å². The molecule has 0 aromatic rings. The van der Waals surface area contributed by atoms with Crippen molar-refractivity contribution in [1.29, 1.82) is 0 Å². The Morgan fingerprint density at radius 1 is 1.41 bits per heavy atom. The summed E-state index contributed by atoms with van der Waals surface area (Å²) in [7, 11) is 0. The molecule has 2 aliphatic carbocycles. The second kappa shape index (κ2) is 7.30. The molecular formula is C18H28O4. The number of rotatable bonds is 9. The van der Waals surface area contributed by atoms with Crippen LogP contribution in [0.2, 0.25) is 0 Å². The Kier molecular flexibility index (Phi) is 5.65. The molecule has 0 aromatic heterocycles. The molecule has 0 amide bonds. The van der Waals surface area contributed by atoms with Crippen LogP contribution in [0.3, 0.4) is 0 Å². The smallest absolute Gasteiger partial charge is 0.307 e. The van der Waals surface area contributed by atoms with Crippen LogP contribution in [0.25, 0.3) is 0 Å². The third-order valence-corrected chi connectivity index (χ3v) is 5.38. The Bertz CT molecular complexity index is 423. The summed E-state index contributed by atoms with van der Waals surface area (Å²) in [5.41, 5.74) is -0.252. The number of carbonyl (C=O) groups excluding carboxylic acids is 1. The normalized spacial score (nSPS) is 27.1. The second-order valence-electron chi connectivity index (χ2n) is 7.20. The number of unbranched alkanes of at least 4 members (excludes halogenated alkanes) is 1. The molecule has 124 valence electrons. The van der Waals surface area contributed by atoms with Gasteiger partial charge in [-0.05, 0) is 49.9 Å². The summed E-state index contributed by atoms with van der Waals surface area (Å²) in [4.78, 5) is 23.6.